The third kappa shape index (κ3) is 5.75. The standard InChI is InChI=1S/C19H21ClFN3O6S2/c1-31(26,27)24(15-4-7-18(21)17(20)12-15)13-19(25)22-14-2-5-16(6-3-14)32(28,29)23-8-10-30-11-9-23/h2-7,12H,8-11,13H2,1H3,(H,22,25). The van der Waals surface area contributed by atoms with Crippen LogP contribution >= 0.6 is 11.6 Å². The molecule has 2 aromatic rings. The average Bonchev–Trinajstić information content (AvgIpc) is 2.74. The second kappa shape index (κ2) is 9.71. The molecule has 1 aliphatic rings. The summed E-state index contributed by atoms with van der Waals surface area (Å²) >= 11 is 5.73. The van der Waals surface area contributed by atoms with Gasteiger partial charge in [0.1, 0.15) is 12.4 Å². The van der Waals surface area contributed by atoms with E-state index in [1.165, 1.54) is 34.6 Å². The smallest absolute Gasteiger partial charge is 0.245 e. The maximum atomic E-state index is 13.4. The molecule has 0 atom stereocenters. The SMILES string of the molecule is CS(=O)(=O)N(CC(=O)Nc1ccc(S(=O)(=O)N2CCOCC2)cc1)c1ccc(F)c(Cl)c1. The van der Waals surface area contributed by atoms with Gasteiger partial charge in [-0.2, -0.15) is 4.31 Å². The summed E-state index contributed by atoms with van der Waals surface area (Å²) in [6, 6.07) is 8.83. The van der Waals surface area contributed by atoms with Gasteiger partial charge in [0.05, 0.1) is 35.1 Å². The molecule has 0 radical (unpaired) electrons. The normalized spacial score (nSPS) is 15.3. The fraction of sp³-hybridized carbons (Fsp3) is 0.316. The first-order chi connectivity index (χ1) is 15.0. The summed E-state index contributed by atoms with van der Waals surface area (Å²) in [5.41, 5.74) is 0.308. The van der Waals surface area contributed by atoms with E-state index in [2.05, 4.69) is 5.32 Å². The van der Waals surface area contributed by atoms with Crippen molar-refractivity contribution in [2.24, 2.45) is 0 Å². The van der Waals surface area contributed by atoms with Crippen LogP contribution in [0.25, 0.3) is 0 Å². The van der Waals surface area contributed by atoms with Crippen LogP contribution in [0.2, 0.25) is 5.02 Å². The van der Waals surface area contributed by atoms with E-state index in [9.17, 15) is 26.0 Å². The third-order valence-electron chi connectivity index (χ3n) is 4.62. The number of benzene rings is 2. The minimum atomic E-state index is -3.88. The van der Waals surface area contributed by atoms with Crippen LogP contribution in [0.5, 0.6) is 0 Å². The van der Waals surface area contributed by atoms with Crippen molar-refractivity contribution in [3.63, 3.8) is 0 Å². The predicted octanol–water partition coefficient (Wildman–Crippen LogP) is 1.90. The van der Waals surface area contributed by atoms with E-state index in [1.807, 2.05) is 0 Å². The van der Waals surface area contributed by atoms with Gasteiger partial charge in [0.25, 0.3) is 0 Å². The molecule has 1 N–H and O–H groups in total. The zero-order valence-electron chi connectivity index (χ0n) is 17.0. The molecule has 0 bridgehead atoms. The minimum Gasteiger partial charge on any atom is -0.379 e. The first-order valence-electron chi connectivity index (χ1n) is 9.39. The zero-order valence-corrected chi connectivity index (χ0v) is 19.4. The van der Waals surface area contributed by atoms with E-state index in [1.54, 1.807) is 0 Å². The molecule has 0 unspecified atom stereocenters. The van der Waals surface area contributed by atoms with Crippen molar-refractivity contribution in [3.05, 3.63) is 53.3 Å². The van der Waals surface area contributed by atoms with Crippen LogP contribution in [0.15, 0.2) is 47.4 Å². The number of morpholine rings is 1. The Balaban J connectivity index is 1.72. The van der Waals surface area contributed by atoms with Gasteiger partial charge in [0, 0.05) is 18.8 Å². The molecule has 1 fully saturated rings. The number of sulfonamides is 2. The molecule has 174 valence electrons. The zero-order chi connectivity index (χ0) is 23.5. The maximum Gasteiger partial charge on any atom is 0.245 e. The van der Waals surface area contributed by atoms with Gasteiger partial charge in [0.15, 0.2) is 0 Å². The van der Waals surface area contributed by atoms with E-state index < -0.39 is 38.3 Å². The fourth-order valence-electron chi connectivity index (χ4n) is 3.02. The van der Waals surface area contributed by atoms with Crippen LogP contribution in [0.4, 0.5) is 15.8 Å². The summed E-state index contributed by atoms with van der Waals surface area (Å²) in [5, 5.41) is 2.23. The van der Waals surface area contributed by atoms with Crippen LogP contribution in [0.3, 0.4) is 0 Å². The van der Waals surface area contributed by atoms with Gasteiger partial charge >= 0.3 is 0 Å². The van der Waals surface area contributed by atoms with Gasteiger partial charge in [-0.15, -0.1) is 0 Å². The molecule has 13 heteroatoms. The Morgan fingerprint density at radius 1 is 1.12 bits per heavy atom. The van der Waals surface area contributed by atoms with Crippen LogP contribution in [-0.2, 0) is 29.6 Å². The summed E-state index contributed by atoms with van der Waals surface area (Å²) in [7, 11) is -7.56. The quantitative estimate of drug-likeness (QED) is 0.615. The lowest BCUT2D eigenvalue weighted by Gasteiger charge is -2.26. The lowest BCUT2D eigenvalue weighted by molar-refractivity contribution is -0.114. The van der Waals surface area contributed by atoms with Crippen molar-refractivity contribution in [3.8, 4) is 0 Å². The van der Waals surface area contributed by atoms with Crippen molar-refractivity contribution in [1.82, 2.24) is 4.31 Å². The molecule has 1 amide bonds. The van der Waals surface area contributed by atoms with Gasteiger partial charge in [0.2, 0.25) is 26.0 Å². The highest BCUT2D eigenvalue weighted by atomic mass is 35.5. The fourth-order valence-corrected chi connectivity index (χ4v) is 5.45. The number of anilines is 2. The number of hydrogen-bond acceptors (Lipinski definition) is 6. The number of ether oxygens (including phenoxy) is 1. The molecule has 2 aromatic carbocycles. The van der Waals surface area contributed by atoms with Gasteiger partial charge < -0.3 is 10.1 Å². The summed E-state index contributed by atoms with van der Waals surface area (Å²) in [6.07, 6.45) is 0.906. The molecular weight excluding hydrogens is 485 g/mol. The Hall–Kier alpha value is -2.25. The monoisotopic (exact) mass is 505 g/mol. The Morgan fingerprint density at radius 3 is 2.31 bits per heavy atom. The highest BCUT2D eigenvalue weighted by Crippen LogP contribution is 2.25. The van der Waals surface area contributed by atoms with Crippen molar-refractivity contribution in [2.75, 3.05) is 48.7 Å². The Kier molecular flexibility index (Phi) is 7.40. The summed E-state index contributed by atoms with van der Waals surface area (Å²) in [6.45, 7) is 0.576. The molecule has 0 aliphatic carbocycles. The van der Waals surface area contributed by atoms with Crippen LogP contribution in [-0.4, -0.2) is 66.2 Å². The molecule has 1 heterocycles. The Bertz CT molecular complexity index is 1200. The number of halogens is 2. The lowest BCUT2D eigenvalue weighted by Crippen LogP contribution is -2.40. The first kappa shape index (κ1) is 24.4. The van der Waals surface area contributed by atoms with E-state index in [4.69, 9.17) is 16.3 Å². The van der Waals surface area contributed by atoms with E-state index in [0.29, 0.717) is 13.2 Å². The molecule has 32 heavy (non-hydrogen) atoms. The first-order valence-corrected chi connectivity index (χ1v) is 13.1. The highest BCUT2D eigenvalue weighted by Gasteiger charge is 2.26. The minimum absolute atomic E-state index is 0.0287. The molecule has 0 spiro atoms. The highest BCUT2D eigenvalue weighted by molar-refractivity contribution is 7.92. The lowest BCUT2D eigenvalue weighted by atomic mass is 10.3. The van der Waals surface area contributed by atoms with E-state index in [-0.39, 0.29) is 34.4 Å². The number of hydrogen-bond donors (Lipinski definition) is 1. The number of nitrogens with one attached hydrogen (secondary N) is 1. The second-order valence-corrected chi connectivity index (χ2v) is 11.2. The van der Waals surface area contributed by atoms with E-state index in [0.717, 1.165) is 22.7 Å². The van der Waals surface area contributed by atoms with Gasteiger partial charge in [-0.3, -0.25) is 9.10 Å². The number of rotatable bonds is 7. The van der Waals surface area contributed by atoms with Crippen LogP contribution in [0, 0.1) is 5.82 Å². The second-order valence-electron chi connectivity index (χ2n) is 6.96. The molecule has 1 saturated heterocycles. The Morgan fingerprint density at radius 2 is 1.75 bits per heavy atom. The van der Waals surface area contributed by atoms with Gasteiger partial charge in [-0.05, 0) is 42.5 Å². The van der Waals surface area contributed by atoms with Crippen LogP contribution in [0.1, 0.15) is 0 Å². The summed E-state index contributed by atoms with van der Waals surface area (Å²) in [5.74, 6) is -1.40. The number of carbonyl (C=O) groups is 1. The molecule has 0 saturated carbocycles. The van der Waals surface area contributed by atoms with Gasteiger partial charge in [-0.1, -0.05) is 11.6 Å². The summed E-state index contributed by atoms with van der Waals surface area (Å²) in [4.78, 5) is 12.5. The van der Waals surface area contributed by atoms with Crippen molar-refractivity contribution in [2.45, 2.75) is 4.90 Å². The molecular formula is C19H21ClFN3O6S2. The average molecular weight is 506 g/mol. The van der Waals surface area contributed by atoms with Gasteiger partial charge in [-0.25, -0.2) is 21.2 Å². The number of amides is 1. The predicted molar refractivity (Wildman–Crippen MR) is 118 cm³/mol. The largest absolute Gasteiger partial charge is 0.379 e. The summed E-state index contributed by atoms with van der Waals surface area (Å²) < 4.78 is 70.3. The van der Waals surface area contributed by atoms with Crippen LogP contribution < -0.4 is 9.62 Å². The van der Waals surface area contributed by atoms with Crippen molar-refractivity contribution >= 4 is 48.9 Å². The topological polar surface area (TPSA) is 113 Å². The molecule has 0 aromatic heterocycles. The van der Waals surface area contributed by atoms with E-state index >= 15 is 0 Å². The van der Waals surface area contributed by atoms with Crippen molar-refractivity contribution in [1.29, 1.82) is 0 Å². The molecule has 9 nitrogen and oxygen atoms in total. The third-order valence-corrected chi connectivity index (χ3v) is 7.97. The Labute approximate surface area is 190 Å². The number of nitrogens with zero attached hydrogens (tertiary/aromatic N) is 2. The molecule has 1 aliphatic heterocycles. The maximum absolute atomic E-state index is 13.4. The van der Waals surface area contributed by atoms with Crippen molar-refractivity contribution < 1.29 is 30.8 Å². The number of carbonyl (C=O) groups excluding carboxylic acids is 1. The molecule has 3 rings (SSSR count).